The van der Waals surface area contributed by atoms with Crippen molar-refractivity contribution >= 4 is 0 Å². The van der Waals surface area contributed by atoms with Crippen molar-refractivity contribution in [3.8, 4) is 0 Å². The Balaban J connectivity index is 2.42. The topological polar surface area (TPSA) is 52.7 Å². The van der Waals surface area contributed by atoms with Crippen molar-refractivity contribution in [3.63, 3.8) is 0 Å². The van der Waals surface area contributed by atoms with E-state index in [0.717, 1.165) is 19.5 Å². The molecule has 0 saturated carbocycles. The third-order valence-electron chi connectivity index (χ3n) is 4.33. The van der Waals surface area contributed by atoms with Gasteiger partial charge in [-0.2, -0.15) is 0 Å². The van der Waals surface area contributed by atoms with E-state index in [-0.39, 0.29) is 0 Å². The Morgan fingerprint density at radius 3 is 2.78 bits per heavy atom. The number of nitrogens with zero attached hydrogens (tertiary/aromatic N) is 2. The highest BCUT2D eigenvalue weighted by molar-refractivity contribution is 4.84. The Labute approximate surface area is 112 Å². The van der Waals surface area contributed by atoms with Crippen LogP contribution in [0.4, 0.5) is 0 Å². The highest BCUT2D eigenvalue weighted by atomic mass is 16.3. The summed E-state index contributed by atoms with van der Waals surface area (Å²) in [6.07, 6.45) is 3.36. The van der Waals surface area contributed by atoms with Gasteiger partial charge in [-0.25, -0.2) is 0 Å². The first-order valence-electron chi connectivity index (χ1n) is 7.26. The molecule has 3 atom stereocenters. The molecule has 0 aliphatic carbocycles. The summed E-state index contributed by atoms with van der Waals surface area (Å²) < 4.78 is 0. The lowest BCUT2D eigenvalue weighted by molar-refractivity contribution is 0.0296. The Hall–Kier alpha value is -0.160. The fourth-order valence-electron chi connectivity index (χ4n) is 2.91. The molecule has 1 fully saturated rings. The smallest absolute Gasteiger partial charge is 0.0756 e. The quantitative estimate of drug-likeness (QED) is 0.711. The molecular formula is C14H31N3O. The van der Waals surface area contributed by atoms with Crippen molar-refractivity contribution in [2.75, 3.05) is 33.2 Å². The Morgan fingerprint density at radius 2 is 2.22 bits per heavy atom. The molecule has 1 aliphatic heterocycles. The van der Waals surface area contributed by atoms with Crippen LogP contribution in [0.5, 0.6) is 0 Å². The Kier molecular flexibility index (Phi) is 6.05. The zero-order chi connectivity index (χ0) is 13.8. The van der Waals surface area contributed by atoms with Crippen molar-refractivity contribution in [1.29, 1.82) is 0 Å². The van der Waals surface area contributed by atoms with Gasteiger partial charge in [-0.05, 0) is 53.2 Å². The van der Waals surface area contributed by atoms with Gasteiger partial charge < -0.3 is 15.7 Å². The van der Waals surface area contributed by atoms with Crippen LogP contribution in [0, 0.1) is 0 Å². The maximum absolute atomic E-state index is 10.0. The number of nitrogens with two attached hydrogens (primary N) is 1. The van der Waals surface area contributed by atoms with Gasteiger partial charge in [0.2, 0.25) is 0 Å². The molecule has 1 rings (SSSR count). The summed E-state index contributed by atoms with van der Waals surface area (Å²) in [6, 6.07) is 1.05. The van der Waals surface area contributed by atoms with Crippen LogP contribution < -0.4 is 5.73 Å². The Morgan fingerprint density at radius 1 is 1.56 bits per heavy atom. The number of hydrogen-bond acceptors (Lipinski definition) is 4. The molecule has 0 aromatic heterocycles. The highest BCUT2D eigenvalue weighted by Crippen LogP contribution is 2.20. The largest absolute Gasteiger partial charge is 0.389 e. The zero-order valence-electron chi connectivity index (χ0n) is 12.5. The number of likely N-dealkylation sites (N-methyl/N-ethyl adjacent to an activating group) is 2. The predicted octanol–water partition coefficient (Wildman–Crippen LogP) is 0.891. The van der Waals surface area contributed by atoms with E-state index in [9.17, 15) is 5.11 Å². The minimum atomic E-state index is -0.742. The zero-order valence-corrected chi connectivity index (χ0v) is 12.5. The van der Waals surface area contributed by atoms with Crippen LogP contribution in [0.25, 0.3) is 0 Å². The highest BCUT2D eigenvalue weighted by Gasteiger charge is 2.28. The molecule has 1 saturated heterocycles. The average molecular weight is 257 g/mol. The van der Waals surface area contributed by atoms with Gasteiger partial charge in [0.15, 0.2) is 0 Å². The van der Waals surface area contributed by atoms with E-state index in [2.05, 4.69) is 30.7 Å². The molecule has 0 bridgehead atoms. The lowest BCUT2D eigenvalue weighted by Gasteiger charge is -2.34. The summed E-state index contributed by atoms with van der Waals surface area (Å²) >= 11 is 0. The van der Waals surface area contributed by atoms with Crippen molar-refractivity contribution in [3.05, 3.63) is 0 Å². The van der Waals surface area contributed by atoms with Crippen LogP contribution in [-0.2, 0) is 0 Å². The molecule has 3 N–H and O–H groups in total. The molecule has 4 heteroatoms. The molecular weight excluding hydrogens is 226 g/mol. The van der Waals surface area contributed by atoms with Crippen molar-refractivity contribution in [1.82, 2.24) is 9.80 Å². The molecule has 108 valence electrons. The van der Waals surface area contributed by atoms with Crippen molar-refractivity contribution in [2.45, 2.75) is 57.7 Å². The second-order valence-electron chi connectivity index (χ2n) is 6.12. The fraction of sp³-hybridized carbons (Fsp3) is 1.00. The predicted molar refractivity (Wildman–Crippen MR) is 76.7 cm³/mol. The van der Waals surface area contributed by atoms with Gasteiger partial charge in [-0.3, -0.25) is 4.90 Å². The molecule has 3 unspecified atom stereocenters. The van der Waals surface area contributed by atoms with Crippen LogP contribution in [0.1, 0.15) is 40.0 Å². The van der Waals surface area contributed by atoms with Crippen molar-refractivity contribution < 1.29 is 5.11 Å². The summed E-state index contributed by atoms with van der Waals surface area (Å²) in [4.78, 5) is 4.92. The summed E-state index contributed by atoms with van der Waals surface area (Å²) in [6.45, 7) is 10.0. The van der Waals surface area contributed by atoms with Gasteiger partial charge in [-0.15, -0.1) is 0 Å². The molecule has 0 aromatic carbocycles. The van der Waals surface area contributed by atoms with E-state index >= 15 is 0 Å². The molecule has 4 nitrogen and oxygen atoms in total. The first-order chi connectivity index (χ1) is 8.39. The third kappa shape index (κ3) is 4.50. The van der Waals surface area contributed by atoms with Crippen LogP contribution in [-0.4, -0.2) is 65.8 Å². The molecule has 18 heavy (non-hydrogen) atoms. The van der Waals surface area contributed by atoms with Crippen LogP contribution in [0.3, 0.4) is 0 Å². The summed E-state index contributed by atoms with van der Waals surface area (Å²) in [5.74, 6) is 0. The van der Waals surface area contributed by atoms with Gasteiger partial charge in [0, 0.05) is 25.2 Å². The van der Waals surface area contributed by atoms with Crippen LogP contribution in [0.2, 0.25) is 0 Å². The SMILES string of the molecule is CCN1CCCC1CN(C)C(C)CC(C)(O)CN. The van der Waals surface area contributed by atoms with Crippen LogP contribution >= 0.6 is 0 Å². The second-order valence-corrected chi connectivity index (χ2v) is 6.12. The molecule has 0 aromatic rings. The van der Waals surface area contributed by atoms with E-state index in [0.29, 0.717) is 18.6 Å². The number of aliphatic hydroxyl groups is 1. The maximum atomic E-state index is 10.0. The minimum Gasteiger partial charge on any atom is -0.389 e. The van der Waals surface area contributed by atoms with Gasteiger partial charge in [0.25, 0.3) is 0 Å². The third-order valence-corrected chi connectivity index (χ3v) is 4.33. The van der Waals surface area contributed by atoms with Gasteiger partial charge >= 0.3 is 0 Å². The van der Waals surface area contributed by atoms with E-state index in [1.807, 2.05) is 6.92 Å². The maximum Gasteiger partial charge on any atom is 0.0756 e. The summed E-state index contributed by atoms with van der Waals surface area (Å²) in [5, 5.41) is 10.0. The Bertz CT molecular complexity index is 245. The standard InChI is InChI=1S/C14H31N3O/c1-5-17-8-6-7-13(17)10-16(4)12(2)9-14(3,18)11-15/h12-13,18H,5-11,15H2,1-4H3. The van der Waals surface area contributed by atoms with E-state index in [1.165, 1.54) is 19.4 Å². The van der Waals surface area contributed by atoms with E-state index < -0.39 is 5.60 Å². The lowest BCUT2D eigenvalue weighted by atomic mass is 9.97. The molecule has 1 heterocycles. The second kappa shape index (κ2) is 6.85. The summed E-state index contributed by atoms with van der Waals surface area (Å²) in [5.41, 5.74) is 4.84. The molecule has 0 amide bonds. The normalized spacial score (nSPS) is 26.5. The van der Waals surface area contributed by atoms with Crippen molar-refractivity contribution in [2.24, 2.45) is 5.73 Å². The average Bonchev–Trinajstić information content (AvgIpc) is 2.75. The first-order valence-corrected chi connectivity index (χ1v) is 7.26. The number of rotatable bonds is 7. The lowest BCUT2D eigenvalue weighted by Crippen LogP contribution is -2.46. The monoisotopic (exact) mass is 257 g/mol. The fourth-order valence-corrected chi connectivity index (χ4v) is 2.91. The number of hydrogen-bond donors (Lipinski definition) is 2. The van der Waals surface area contributed by atoms with Gasteiger partial charge in [-0.1, -0.05) is 6.92 Å². The summed E-state index contributed by atoms with van der Waals surface area (Å²) in [7, 11) is 2.16. The molecule has 0 spiro atoms. The molecule has 1 aliphatic rings. The van der Waals surface area contributed by atoms with Gasteiger partial charge in [0.05, 0.1) is 5.60 Å². The van der Waals surface area contributed by atoms with E-state index in [1.54, 1.807) is 0 Å². The first kappa shape index (κ1) is 15.9. The number of likely N-dealkylation sites (tertiary alicyclic amines) is 1. The van der Waals surface area contributed by atoms with Gasteiger partial charge in [0.1, 0.15) is 0 Å². The van der Waals surface area contributed by atoms with E-state index in [4.69, 9.17) is 5.73 Å². The van der Waals surface area contributed by atoms with Crippen LogP contribution in [0.15, 0.2) is 0 Å². The molecule has 0 radical (unpaired) electrons. The minimum absolute atomic E-state index is 0.329.